The molecule has 1 heterocycles. The molecule has 0 bridgehead atoms. The Balaban J connectivity index is 3.22. The van der Waals surface area contributed by atoms with E-state index < -0.39 is 0 Å². The molecule has 0 amide bonds. The Kier molecular flexibility index (Phi) is 5.11. The SMILES string of the molecule is CCC(C)(CC)Nc1nc(C(C)C)nc(NN)c1C. The first-order valence-electron chi connectivity index (χ1n) is 7.00. The van der Waals surface area contributed by atoms with Crippen LogP contribution in [0.5, 0.6) is 0 Å². The zero-order chi connectivity index (χ0) is 14.6. The first-order valence-corrected chi connectivity index (χ1v) is 7.00. The van der Waals surface area contributed by atoms with E-state index in [0.29, 0.717) is 5.82 Å². The molecule has 1 rings (SSSR count). The Hall–Kier alpha value is -1.36. The van der Waals surface area contributed by atoms with Gasteiger partial charge in [0.2, 0.25) is 0 Å². The first kappa shape index (κ1) is 15.7. The normalized spacial score (nSPS) is 11.8. The van der Waals surface area contributed by atoms with Gasteiger partial charge in [0, 0.05) is 17.0 Å². The van der Waals surface area contributed by atoms with E-state index in [4.69, 9.17) is 5.84 Å². The average molecular weight is 265 g/mol. The van der Waals surface area contributed by atoms with E-state index in [-0.39, 0.29) is 11.5 Å². The molecule has 108 valence electrons. The summed E-state index contributed by atoms with van der Waals surface area (Å²) >= 11 is 0. The Bertz CT molecular complexity index is 424. The number of hydrogen-bond donors (Lipinski definition) is 3. The highest BCUT2D eigenvalue weighted by Crippen LogP contribution is 2.27. The summed E-state index contributed by atoms with van der Waals surface area (Å²) in [7, 11) is 0. The van der Waals surface area contributed by atoms with E-state index in [2.05, 4.69) is 55.3 Å². The van der Waals surface area contributed by atoms with Crippen molar-refractivity contribution < 1.29 is 0 Å². The minimum atomic E-state index is 0.0409. The number of nitrogens with one attached hydrogen (secondary N) is 2. The lowest BCUT2D eigenvalue weighted by Gasteiger charge is -2.30. The van der Waals surface area contributed by atoms with Crippen LogP contribution in [-0.2, 0) is 0 Å². The molecule has 0 saturated heterocycles. The summed E-state index contributed by atoms with van der Waals surface area (Å²) in [5, 5.41) is 3.55. The van der Waals surface area contributed by atoms with E-state index in [9.17, 15) is 0 Å². The van der Waals surface area contributed by atoms with Gasteiger partial charge in [-0.05, 0) is 26.7 Å². The van der Waals surface area contributed by atoms with Gasteiger partial charge in [0.05, 0.1) is 0 Å². The van der Waals surface area contributed by atoms with Crippen molar-refractivity contribution in [1.82, 2.24) is 9.97 Å². The largest absolute Gasteiger partial charge is 0.365 e. The molecule has 5 nitrogen and oxygen atoms in total. The maximum absolute atomic E-state index is 5.55. The maximum Gasteiger partial charge on any atom is 0.148 e. The number of nitrogens with zero attached hydrogens (tertiary/aromatic N) is 2. The van der Waals surface area contributed by atoms with Crippen LogP contribution in [0.1, 0.15) is 64.8 Å². The highest BCUT2D eigenvalue weighted by molar-refractivity contribution is 5.57. The fraction of sp³-hybridized carbons (Fsp3) is 0.714. The molecule has 0 aromatic carbocycles. The zero-order valence-corrected chi connectivity index (χ0v) is 13.0. The van der Waals surface area contributed by atoms with E-state index in [1.807, 2.05) is 6.92 Å². The summed E-state index contributed by atoms with van der Waals surface area (Å²) in [6, 6.07) is 0. The van der Waals surface area contributed by atoms with Crippen LogP contribution in [0.25, 0.3) is 0 Å². The summed E-state index contributed by atoms with van der Waals surface area (Å²) in [4.78, 5) is 9.09. The van der Waals surface area contributed by atoms with Gasteiger partial charge in [-0.25, -0.2) is 15.8 Å². The highest BCUT2D eigenvalue weighted by atomic mass is 15.3. The molecule has 0 radical (unpaired) electrons. The molecular formula is C14H27N5. The van der Waals surface area contributed by atoms with Crippen molar-refractivity contribution in [3.8, 4) is 0 Å². The van der Waals surface area contributed by atoms with Gasteiger partial charge in [-0.1, -0.05) is 27.7 Å². The monoisotopic (exact) mass is 265 g/mol. The van der Waals surface area contributed by atoms with Crippen LogP contribution >= 0.6 is 0 Å². The second kappa shape index (κ2) is 6.19. The lowest BCUT2D eigenvalue weighted by Crippen LogP contribution is -2.34. The standard InChI is InChI=1S/C14H27N5/c1-7-14(6,8-2)18-12-10(5)13(19-15)17-11(16-12)9(3)4/h9H,7-8,15H2,1-6H3,(H2,16,17,18,19). The third-order valence-electron chi connectivity index (χ3n) is 3.80. The quantitative estimate of drug-likeness (QED) is 0.544. The van der Waals surface area contributed by atoms with Crippen LogP contribution in [0.15, 0.2) is 0 Å². The molecule has 0 unspecified atom stereocenters. The van der Waals surface area contributed by atoms with Crippen LogP contribution in [0.3, 0.4) is 0 Å². The molecule has 0 atom stereocenters. The fourth-order valence-electron chi connectivity index (χ4n) is 1.77. The molecule has 1 aromatic rings. The molecule has 0 saturated carbocycles. The first-order chi connectivity index (χ1) is 8.86. The molecule has 0 fully saturated rings. The number of aromatic nitrogens is 2. The molecule has 19 heavy (non-hydrogen) atoms. The maximum atomic E-state index is 5.55. The predicted molar refractivity (Wildman–Crippen MR) is 81.3 cm³/mol. The minimum absolute atomic E-state index is 0.0409. The summed E-state index contributed by atoms with van der Waals surface area (Å²) in [5.74, 6) is 8.18. The Morgan fingerprint density at radius 3 is 2.11 bits per heavy atom. The smallest absolute Gasteiger partial charge is 0.148 e. The van der Waals surface area contributed by atoms with Crippen molar-refractivity contribution in [3.05, 3.63) is 11.4 Å². The van der Waals surface area contributed by atoms with E-state index in [1.54, 1.807) is 0 Å². The average Bonchev–Trinajstić information content (AvgIpc) is 2.40. The number of rotatable bonds is 6. The second-order valence-corrected chi connectivity index (χ2v) is 5.60. The van der Waals surface area contributed by atoms with Gasteiger partial charge in [-0.15, -0.1) is 0 Å². The zero-order valence-electron chi connectivity index (χ0n) is 13.0. The van der Waals surface area contributed by atoms with Gasteiger partial charge >= 0.3 is 0 Å². The third-order valence-corrected chi connectivity index (χ3v) is 3.80. The number of anilines is 2. The fourth-order valence-corrected chi connectivity index (χ4v) is 1.77. The predicted octanol–water partition coefficient (Wildman–Crippen LogP) is 3.18. The van der Waals surface area contributed by atoms with Gasteiger partial charge in [0.15, 0.2) is 0 Å². The summed E-state index contributed by atoms with van der Waals surface area (Å²) in [5.41, 5.74) is 3.66. The van der Waals surface area contributed by atoms with Crippen LogP contribution in [0, 0.1) is 6.92 Å². The van der Waals surface area contributed by atoms with Crippen molar-refractivity contribution in [2.45, 2.75) is 65.8 Å². The number of nitrogens with two attached hydrogens (primary N) is 1. The molecule has 5 heteroatoms. The molecule has 0 aliphatic carbocycles. The number of hydrogen-bond acceptors (Lipinski definition) is 5. The minimum Gasteiger partial charge on any atom is -0.365 e. The number of hydrazine groups is 1. The van der Waals surface area contributed by atoms with Gasteiger partial charge in [0.25, 0.3) is 0 Å². The van der Waals surface area contributed by atoms with Crippen LogP contribution in [0.4, 0.5) is 11.6 Å². The topological polar surface area (TPSA) is 75.9 Å². The lowest BCUT2D eigenvalue weighted by atomic mass is 9.95. The lowest BCUT2D eigenvalue weighted by molar-refractivity contribution is 0.475. The van der Waals surface area contributed by atoms with E-state index in [0.717, 1.165) is 30.0 Å². The molecule has 0 spiro atoms. The number of nitrogen functional groups attached to an aromatic ring is 1. The molecular weight excluding hydrogens is 238 g/mol. The highest BCUT2D eigenvalue weighted by Gasteiger charge is 2.22. The van der Waals surface area contributed by atoms with Crippen molar-refractivity contribution in [2.24, 2.45) is 5.84 Å². The van der Waals surface area contributed by atoms with Crippen molar-refractivity contribution >= 4 is 11.6 Å². The van der Waals surface area contributed by atoms with Gasteiger partial charge in [-0.2, -0.15) is 0 Å². The summed E-state index contributed by atoms with van der Waals surface area (Å²) in [6.07, 6.45) is 2.07. The van der Waals surface area contributed by atoms with Crippen molar-refractivity contribution in [2.75, 3.05) is 10.7 Å². The summed E-state index contributed by atoms with van der Waals surface area (Å²) in [6.45, 7) is 12.7. The molecule has 0 aliphatic rings. The van der Waals surface area contributed by atoms with Crippen molar-refractivity contribution in [1.29, 1.82) is 0 Å². The van der Waals surface area contributed by atoms with E-state index >= 15 is 0 Å². The Labute approximate surface area is 116 Å². The Morgan fingerprint density at radius 1 is 1.16 bits per heavy atom. The molecule has 4 N–H and O–H groups in total. The van der Waals surface area contributed by atoms with Gasteiger partial charge < -0.3 is 10.7 Å². The van der Waals surface area contributed by atoms with Gasteiger partial charge in [0.1, 0.15) is 17.5 Å². The third kappa shape index (κ3) is 3.56. The molecule has 0 aliphatic heterocycles. The van der Waals surface area contributed by atoms with Crippen LogP contribution < -0.4 is 16.6 Å². The summed E-state index contributed by atoms with van der Waals surface area (Å²) < 4.78 is 0. The Morgan fingerprint density at radius 2 is 1.68 bits per heavy atom. The molecule has 1 aromatic heterocycles. The van der Waals surface area contributed by atoms with Crippen LogP contribution in [-0.4, -0.2) is 15.5 Å². The second-order valence-electron chi connectivity index (χ2n) is 5.60. The van der Waals surface area contributed by atoms with Gasteiger partial charge in [-0.3, -0.25) is 0 Å². The van der Waals surface area contributed by atoms with Crippen LogP contribution in [0.2, 0.25) is 0 Å². The van der Waals surface area contributed by atoms with E-state index in [1.165, 1.54) is 0 Å². The van der Waals surface area contributed by atoms with Crippen molar-refractivity contribution in [3.63, 3.8) is 0 Å².